The fourth-order valence-corrected chi connectivity index (χ4v) is 5.93. The summed E-state index contributed by atoms with van der Waals surface area (Å²) < 4.78 is 31.1. The number of rotatable bonds is 12. The third-order valence-corrected chi connectivity index (χ3v) is 8.09. The zero-order valence-corrected chi connectivity index (χ0v) is 23.2. The average molecular weight is 523 g/mol. The molecule has 1 aliphatic rings. The number of hydrogen-bond acceptors (Lipinski definition) is 9. The van der Waals surface area contributed by atoms with E-state index >= 15 is 0 Å². The van der Waals surface area contributed by atoms with Gasteiger partial charge >= 0.3 is 0 Å². The molecule has 2 unspecified atom stereocenters. The molecule has 36 heavy (non-hydrogen) atoms. The SMILES string of the molecule is [2H]C[C@H]1O[C@@H](n2cnc3c(=O)[nH]c(NCC(C)C)nc32)[C@@H](OP(OCCC#N)N(C(C)C)C(C)C)C1C. The van der Waals surface area contributed by atoms with Gasteiger partial charge in [0.15, 0.2) is 17.4 Å². The normalized spacial score (nSPS) is 23.7. The Morgan fingerprint density at radius 3 is 2.69 bits per heavy atom. The smallest absolute Gasteiger partial charge is 0.280 e. The van der Waals surface area contributed by atoms with Gasteiger partial charge in [-0.3, -0.25) is 14.3 Å². The summed E-state index contributed by atoms with van der Waals surface area (Å²) in [6, 6.07) is 2.40. The van der Waals surface area contributed by atoms with Gasteiger partial charge in [-0.15, -0.1) is 0 Å². The molecule has 3 rings (SSSR count). The van der Waals surface area contributed by atoms with Crippen LogP contribution in [0.15, 0.2) is 11.1 Å². The van der Waals surface area contributed by atoms with E-state index in [1.54, 1.807) is 10.9 Å². The Balaban J connectivity index is 2.00. The van der Waals surface area contributed by atoms with Crippen molar-refractivity contribution in [1.29, 1.82) is 5.26 Å². The first kappa shape index (κ1) is 27.0. The van der Waals surface area contributed by atoms with Crippen LogP contribution >= 0.6 is 8.53 Å². The van der Waals surface area contributed by atoms with Gasteiger partial charge < -0.3 is 19.1 Å². The number of aromatic nitrogens is 4. The Morgan fingerprint density at radius 1 is 1.36 bits per heavy atom. The zero-order valence-electron chi connectivity index (χ0n) is 23.3. The van der Waals surface area contributed by atoms with E-state index in [2.05, 4.69) is 72.6 Å². The number of hydrogen-bond donors (Lipinski definition) is 2. The van der Waals surface area contributed by atoms with Crippen molar-refractivity contribution in [1.82, 2.24) is 24.2 Å². The molecule has 1 fully saturated rings. The minimum atomic E-state index is -1.54. The van der Waals surface area contributed by atoms with Crippen LogP contribution in [0.5, 0.6) is 0 Å². The molecule has 1 saturated heterocycles. The first-order valence-electron chi connectivity index (χ1n) is 13.2. The quantitative estimate of drug-likeness (QED) is 0.308. The summed E-state index contributed by atoms with van der Waals surface area (Å²) in [5, 5.41) is 12.2. The van der Waals surface area contributed by atoms with Gasteiger partial charge in [0.05, 0.1) is 31.5 Å². The van der Waals surface area contributed by atoms with E-state index < -0.39 is 20.9 Å². The van der Waals surface area contributed by atoms with Crippen LogP contribution in [0.2, 0.25) is 0 Å². The number of ether oxygens (including phenoxy) is 1. The number of anilines is 1. The molecule has 2 aromatic heterocycles. The lowest BCUT2D eigenvalue weighted by Gasteiger charge is -2.38. The van der Waals surface area contributed by atoms with Gasteiger partial charge in [-0.2, -0.15) is 10.2 Å². The molecule has 0 aromatic carbocycles. The summed E-state index contributed by atoms with van der Waals surface area (Å²) in [7, 11) is -1.54. The molecular formula is C24H40N7O4P. The summed E-state index contributed by atoms with van der Waals surface area (Å²) in [5.74, 6) is 0.596. The second-order valence-corrected chi connectivity index (χ2v) is 11.5. The van der Waals surface area contributed by atoms with E-state index in [4.69, 9.17) is 20.4 Å². The van der Waals surface area contributed by atoms with Crippen LogP contribution in [-0.2, 0) is 13.8 Å². The van der Waals surface area contributed by atoms with Crippen molar-refractivity contribution in [2.75, 3.05) is 18.5 Å². The molecule has 0 bridgehead atoms. The van der Waals surface area contributed by atoms with Crippen molar-refractivity contribution in [3.63, 3.8) is 0 Å². The highest BCUT2D eigenvalue weighted by Crippen LogP contribution is 2.51. The van der Waals surface area contributed by atoms with Crippen LogP contribution in [0.25, 0.3) is 11.2 Å². The highest BCUT2D eigenvalue weighted by Gasteiger charge is 2.45. The number of H-pyrrole nitrogens is 1. The lowest BCUT2D eigenvalue weighted by molar-refractivity contribution is -0.0265. The third kappa shape index (κ3) is 6.42. The molecule has 0 saturated carbocycles. The van der Waals surface area contributed by atoms with Gasteiger partial charge in [-0.1, -0.05) is 20.8 Å². The highest BCUT2D eigenvalue weighted by molar-refractivity contribution is 7.44. The van der Waals surface area contributed by atoms with Crippen molar-refractivity contribution in [3.05, 3.63) is 16.7 Å². The summed E-state index contributed by atoms with van der Waals surface area (Å²) in [6.45, 7) is 15.4. The second kappa shape index (κ2) is 12.4. The predicted octanol–water partition coefficient (Wildman–Crippen LogP) is 4.40. The molecule has 11 nitrogen and oxygen atoms in total. The molecule has 2 aromatic rings. The predicted molar refractivity (Wildman–Crippen MR) is 140 cm³/mol. The van der Waals surface area contributed by atoms with Gasteiger partial charge in [0.2, 0.25) is 5.95 Å². The summed E-state index contributed by atoms with van der Waals surface area (Å²) >= 11 is 0. The number of fused-ring (bicyclic) bond motifs is 1. The maximum atomic E-state index is 12.7. The molecule has 0 spiro atoms. The van der Waals surface area contributed by atoms with E-state index in [-0.39, 0.29) is 55.1 Å². The number of aromatic amines is 1. The van der Waals surface area contributed by atoms with Crippen LogP contribution in [0.3, 0.4) is 0 Å². The summed E-state index contributed by atoms with van der Waals surface area (Å²) in [4.78, 5) is 24.4. The fraction of sp³-hybridized carbons (Fsp3) is 0.750. The van der Waals surface area contributed by atoms with E-state index in [0.717, 1.165) is 0 Å². The van der Waals surface area contributed by atoms with Gasteiger partial charge in [-0.05, 0) is 40.5 Å². The molecule has 12 heteroatoms. The monoisotopic (exact) mass is 522 g/mol. The molecule has 0 amide bonds. The molecule has 0 radical (unpaired) electrons. The minimum absolute atomic E-state index is 0.0602. The minimum Gasteiger partial charge on any atom is -0.355 e. The number of imidazole rings is 1. The van der Waals surface area contributed by atoms with Gasteiger partial charge in [0.25, 0.3) is 14.1 Å². The van der Waals surface area contributed by atoms with E-state index in [1.165, 1.54) is 0 Å². The van der Waals surface area contributed by atoms with Crippen molar-refractivity contribution in [2.24, 2.45) is 11.8 Å². The van der Waals surface area contributed by atoms with E-state index in [1.807, 2.05) is 6.92 Å². The highest BCUT2D eigenvalue weighted by atomic mass is 31.2. The Bertz CT molecular complexity index is 1110. The lowest BCUT2D eigenvalue weighted by atomic mass is 10.0. The molecule has 200 valence electrons. The largest absolute Gasteiger partial charge is 0.355 e. The van der Waals surface area contributed by atoms with Gasteiger partial charge in [0.1, 0.15) is 6.10 Å². The number of nitriles is 1. The Labute approximate surface area is 215 Å². The summed E-state index contributed by atoms with van der Waals surface area (Å²) in [6.07, 6.45) is 0.269. The first-order chi connectivity index (χ1) is 17.6. The maximum Gasteiger partial charge on any atom is 0.280 e. The molecule has 1 aliphatic heterocycles. The zero-order chi connectivity index (χ0) is 27.3. The number of nitrogens with one attached hydrogen (secondary N) is 2. The van der Waals surface area contributed by atoms with E-state index in [9.17, 15) is 4.79 Å². The topological polar surface area (TPSA) is 130 Å². The number of nitrogens with zero attached hydrogens (tertiary/aromatic N) is 5. The standard InChI is InChI=1S/C24H40N7O4P/c1-14(2)12-26-24-28-21-19(22(32)29-24)27-13-30(21)23-20(17(7)18(8)34-23)35-36(33-11-9-10-25)31(15(3)4)16(5)6/h13-18,20,23H,9,11-12H2,1-8H3,(H2,26,28,29,32)/t17?,18-,20+,23-,36?/m1/s1/i8D. The van der Waals surface area contributed by atoms with Crippen molar-refractivity contribution in [2.45, 2.75) is 92.3 Å². The van der Waals surface area contributed by atoms with Gasteiger partial charge in [-0.25, -0.2) is 9.65 Å². The van der Waals surface area contributed by atoms with Crippen LogP contribution in [0.4, 0.5) is 5.95 Å². The van der Waals surface area contributed by atoms with E-state index in [0.29, 0.717) is 24.1 Å². The molecular weight excluding hydrogens is 481 g/mol. The van der Waals surface area contributed by atoms with Crippen molar-refractivity contribution in [3.8, 4) is 6.07 Å². The summed E-state index contributed by atoms with van der Waals surface area (Å²) in [5.41, 5.74) is 0.243. The third-order valence-electron chi connectivity index (χ3n) is 5.96. The molecule has 3 heterocycles. The van der Waals surface area contributed by atoms with Gasteiger partial charge in [0, 0.05) is 25.9 Å². The fourth-order valence-electron chi connectivity index (χ4n) is 4.12. The first-order valence-corrected chi connectivity index (χ1v) is 13.6. The van der Waals surface area contributed by atoms with Crippen LogP contribution in [0, 0.1) is 23.2 Å². The Morgan fingerprint density at radius 2 is 2.08 bits per heavy atom. The molecule has 0 aliphatic carbocycles. The van der Waals surface area contributed by atoms with Crippen molar-refractivity contribution >= 4 is 25.6 Å². The van der Waals surface area contributed by atoms with Crippen LogP contribution in [0.1, 0.15) is 69.4 Å². The Hall–Kier alpha value is -2.09. The Kier molecular flexibility index (Phi) is 9.31. The average Bonchev–Trinajstić information content (AvgIpc) is 3.38. The van der Waals surface area contributed by atoms with Crippen LogP contribution in [-0.4, -0.2) is 61.6 Å². The maximum absolute atomic E-state index is 12.7. The lowest BCUT2D eigenvalue weighted by Crippen LogP contribution is -2.36. The molecule has 2 N–H and O–H groups in total. The second-order valence-electron chi connectivity index (χ2n) is 10.1. The molecule has 5 atom stereocenters. The van der Waals surface area contributed by atoms with Crippen LogP contribution < -0.4 is 10.9 Å². The van der Waals surface area contributed by atoms with Crippen molar-refractivity contribution < 1.29 is 15.2 Å².